The monoisotopic (exact) mass is 433 g/mol. The van der Waals surface area contributed by atoms with Crippen molar-refractivity contribution >= 4 is 11.8 Å². The van der Waals surface area contributed by atoms with Gasteiger partial charge in [-0.05, 0) is 61.6 Å². The fourth-order valence-electron chi connectivity index (χ4n) is 4.16. The molecule has 0 aliphatic heterocycles. The molecule has 6 heteroatoms. The second-order valence-corrected chi connectivity index (χ2v) is 7.81. The van der Waals surface area contributed by atoms with E-state index >= 15 is 0 Å². The van der Waals surface area contributed by atoms with Crippen molar-refractivity contribution in [2.75, 3.05) is 19.8 Å². The summed E-state index contributed by atoms with van der Waals surface area (Å²) < 4.78 is 16.4. The number of Topliss-reactive ketones (excluding diaryl/α,β-unsaturated/α-hetero) is 1. The zero-order valence-corrected chi connectivity index (χ0v) is 18.4. The highest BCUT2D eigenvalue weighted by atomic mass is 16.6. The molecule has 1 N–H and O–H groups in total. The molecule has 0 saturated heterocycles. The quantitative estimate of drug-likeness (QED) is 0.405. The number of hydrogen-bond donors (Lipinski definition) is 1. The summed E-state index contributed by atoms with van der Waals surface area (Å²) in [6, 6.07) is 17.2. The van der Waals surface area contributed by atoms with E-state index in [-0.39, 0.29) is 24.9 Å². The third-order valence-corrected chi connectivity index (χ3v) is 5.68. The van der Waals surface area contributed by atoms with Gasteiger partial charge in [0.1, 0.15) is 30.4 Å². The normalized spacial score (nSPS) is 15.2. The molecule has 166 valence electrons. The number of aromatic nitrogens is 1. The molecule has 1 atom stereocenters. The number of fused-ring (bicyclic) bond motifs is 1. The number of carbonyl (C=O) groups is 2. The minimum atomic E-state index is -0.473. The van der Waals surface area contributed by atoms with Crippen LogP contribution in [0.15, 0.2) is 54.6 Å². The van der Waals surface area contributed by atoms with Crippen LogP contribution in [0.25, 0.3) is 0 Å². The van der Waals surface area contributed by atoms with Gasteiger partial charge in [0.05, 0.1) is 6.61 Å². The average molecular weight is 434 g/mol. The van der Waals surface area contributed by atoms with Gasteiger partial charge in [0.15, 0.2) is 5.78 Å². The first-order valence-electron chi connectivity index (χ1n) is 10.9. The third-order valence-electron chi connectivity index (χ3n) is 5.68. The smallest absolute Gasteiger partial charge is 0.355 e. The van der Waals surface area contributed by atoms with Crippen molar-refractivity contribution < 1.29 is 23.8 Å². The Morgan fingerprint density at radius 1 is 0.969 bits per heavy atom. The standard InChI is InChI=1S/C26H27NO5/c1-3-30-21-11-9-18(10-12-21)19-15-22-24(23(28)16-19)17(2)25(27-22)26(29)32-14-13-31-20-7-5-4-6-8-20/h4-12,19,27H,3,13-16H2,1-2H3/t19-/m1/s1. The summed E-state index contributed by atoms with van der Waals surface area (Å²) in [5, 5.41) is 0. The Kier molecular flexibility index (Phi) is 6.59. The molecule has 1 aromatic heterocycles. The summed E-state index contributed by atoms with van der Waals surface area (Å²) in [4.78, 5) is 28.7. The predicted octanol–water partition coefficient (Wildman–Crippen LogP) is 4.87. The van der Waals surface area contributed by atoms with E-state index in [2.05, 4.69) is 4.98 Å². The molecule has 4 rings (SSSR count). The molecule has 2 aromatic carbocycles. The van der Waals surface area contributed by atoms with E-state index in [9.17, 15) is 9.59 Å². The summed E-state index contributed by atoms with van der Waals surface area (Å²) >= 11 is 0. The van der Waals surface area contributed by atoms with Crippen molar-refractivity contribution in [3.05, 3.63) is 82.7 Å². The number of carbonyl (C=O) groups excluding carboxylic acids is 2. The van der Waals surface area contributed by atoms with Crippen LogP contribution >= 0.6 is 0 Å². The van der Waals surface area contributed by atoms with Gasteiger partial charge in [-0.3, -0.25) is 4.79 Å². The first-order valence-corrected chi connectivity index (χ1v) is 10.9. The molecular weight excluding hydrogens is 406 g/mol. The van der Waals surface area contributed by atoms with Crippen LogP contribution in [0.1, 0.15) is 56.9 Å². The van der Waals surface area contributed by atoms with Crippen LogP contribution in [-0.2, 0) is 11.2 Å². The lowest BCUT2D eigenvalue weighted by atomic mass is 9.81. The molecular formula is C26H27NO5. The van der Waals surface area contributed by atoms with Gasteiger partial charge in [-0.15, -0.1) is 0 Å². The maximum atomic E-state index is 12.9. The maximum absolute atomic E-state index is 12.9. The van der Waals surface area contributed by atoms with E-state index in [0.717, 1.165) is 22.8 Å². The lowest BCUT2D eigenvalue weighted by Gasteiger charge is -2.22. The molecule has 0 bridgehead atoms. The van der Waals surface area contributed by atoms with Crippen molar-refractivity contribution in [1.29, 1.82) is 0 Å². The second-order valence-electron chi connectivity index (χ2n) is 7.81. The van der Waals surface area contributed by atoms with E-state index in [4.69, 9.17) is 14.2 Å². The maximum Gasteiger partial charge on any atom is 0.355 e. The Labute approximate surface area is 187 Å². The van der Waals surface area contributed by atoms with Crippen LogP contribution in [0, 0.1) is 6.92 Å². The topological polar surface area (TPSA) is 77.6 Å². The molecule has 0 unspecified atom stereocenters. The van der Waals surface area contributed by atoms with Crippen LogP contribution < -0.4 is 9.47 Å². The number of ketones is 1. The number of hydrogen-bond acceptors (Lipinski definition) is 5. The molecule has 3 aromatic rings. The summed E-state index contributed by atoms with van der Waals surface area (Å²) in [6.45, 7) is 4.74. The summed E-state index contributed by atoms with van der Waals surface area (Å²) in [5.41, 5.74) is 3.51. The number of ether oxygens (including phenoxy) is 3. The number of para-hydroxylation sites is 1. The largest absolute Gasteiger partial charge is 0.494 e. The Morgan fingerprint density at radius 3 is 2.41 bits per heavy atom. The molecule has 0 saturated carbocycles. The van der Waals surface area contributed by atoms with Gasteiger partial charge in [0.2, 0.25) is 0 Å². The molecule has 0 spiro atoms. The van der Waals surface area contributed by atoms with Crippen molar-refractivity contribution in [2.45, 2.75) is 32.6 Å². The Morgan fingerprint density at radius 2 is 1.69 bits per heavy atom. The SMILES string of the molecule is CCOc1ccc([C@H]2CC(=O)c3c([nH]c(C(=O)OCCOc4ccccc4)c3C)C2)cc1. The zero-order chi connectivity index (χ0) is 22.5. The van der Waals surface area contributed by atoms with Crippen molar-refractivity contribution in [3.63, 3.8) is 0 Å². The molecule has 0 fully saturated rings. The lowest BCUT2D eigenvalue weighted by molar-refractivity contribution is 0.0443. The van der Waals surface area contributed by atoms with E-state index < -0.39 is 5.97 Å². The van der Waals surface area contributed by atoms with Crippen molar-refractivity contribution in [2.24, 2.45) is 0 Å². The molecule has 0 amide bonds. The summed E-state index contributed by atoms with van der Waals surface area (Å²) in [6.07, 6.45) is 1.08. The van der Waals surface area contributed by atoms with Gasteiger partial charge < -0.3 is 19.2 Å². The highest BCUT2D eigenvalue weighted by molar-refractivity contribution is 6.03. The summed E-state index contributed by atoms with van der Waals surface area (Å²) in [5.74, 6) is 1.17. The first kappa shape index (κ1) is 21.7. The highest BCUT2D eigenvalue weighted by Gasteiger charge is 2.32. The van der Waals surface area contributed by atoms with Gasteiger partial charge in [0.25, 0.3) is 0 Å². The van der Waals surface area contributed by atoms with Gasteiger partial charge in [0, 0.05) is 17.7 Å². The van der Waals surface area contributed by atoms with E-state index in [1.54, 1.807) is 6.92 Å². The van der Waals surface area contributed by atoms with Gasteiger partial charge in [-0.25, -0.2) is 4.79 Å². The lowest BCUT2D eigenvalue weighted by Crippen LogP contribution is -2.18. The minimum Gasteiger partial charge on any atom is -0.494 e. The fraction of sp³-hybridized carbons (Fsp3) is 0.308. The van der Waals surface area contributed by atoms with Crippen LogP contribution in [0.2, 0.25) is 0 Å². The van der Waals surface area contributed by atoms with Crippen molar-refractivity contribution in [3.8, 4) is 11.5 Å². The highest BCUT2D eigenvalue weighted by Crippen LogP contribution is 2.35. The van der Waals surface area contributed by atoms with Gasteiger partial charge in [-0.1, -0.05) is 30.3 Å². The van der Waals surface area contributed by atoms with Crippen LogP contribution in [-0.4, -0.2) is 36.6 Å². The summed E-state index contributed by atoms with van der Waals surface area (Å²) in [7, 11) is 0. The van der Waals surface area contributed by atoms with Crippen LogP contribution in [0.5, 0.6) is 11.5 Å². The number of benzene rings is 2. The van der Waals surface area contributed by atoms with Crippen LogP contribution in [0.4, 0.5) is 0 Å². The molecule has 32 heavy (non-hydrogen) atoms. The predicted molar refractivity (Wildman–Crippen MR) is 121 cm³/mol. The number of rotatable bonds is 8. The molecule has 0 radical (unpaired) electrons. The number of aromatic amines is 1. The molecule has 1 heterocycles. The van der Waals surface area contributed by atoms with Crippen LogP contribution in [0.3, 0.4) is 0 Å². The number of nitrogens with one attached hydrogen (secondary N) is 1. The van der Waals surface area contributed by atoms with Gasteiger partial charge in [-0.2, -0.15) is 0 Å². The zero-order valence-electron chi connectivity index (χ0n) is 18.4. The van der Waals surface area contributed by atoms with E-state index in [1.807, 2.05) is 61.5 Å². The van der Waals surface area contributed by atoms with E-state index in [0.29, 0.717) is 36.3 Å². The third kappa shape index (κ3) is 4.69. The fourth-order valence-corrected chi connectivity index (χ4v) is 4.16. The Bertz CT molecular complexity index is 1090. The Balaban J connectivity index is 1.41. The number of esters is 1. The number of H-pyrrole nitrogens is 1. The first-order chi connectivity index (χ1) is 15.6. The van der Waals surface area contributed by atoms with Crippen molar-refractivity contribution in [1.82, 2.24) is 4.98 Å². The second kappa shape index (κ2) is 9.73. The minimum absolute atomic E-state index is 0.0466. The average Bonchev–Trinajstić information content (AvgIpc) is 3.15. The molecule has 1 aliphatic carbocycles. The van der Waals surface area contributed by atoms with Gasteiger partial charge >= 0.3 is 5.97 Å². The molecule has 1 aliphatic rings. The van der Waals surface area contributed by atoms with E-state index in [1.165, 1.54) is 0 Å². The Hall–Kier alpha value is -3.54. The molecule has 6 nitrogen and oxygen atoms in total.